The Balaban J connectivity index is 0.000000385. The standard InChI is InChI=1S/C17H23NO3.C8H15NO2.ClH/c1-13(14-9-5-3-6-10-14)15(19)18-17(16(20)21-2)11-7-4-8-12-17;1-11-7(10)8(9)5-3-2-4-6-8;/h3,5-6,9-10,13H,4,7-8,11-12H2,1-2H3,(H,18,19);2-6,9H2,1H3;1H/t13-;;/m1../s1. The van der Waals surface area contributed by atoms with Crippen LogP contribution in [0.1, 0.15) is 82.6 Å². The summed E-state index contributed by atoms with van der Waals surface area (Å²) in [6, 6.07) is 9.60. The maximum Gasteiger partial charge on any atom is 0.331 e. The Labute approximate surface area is 203 Å². The van der Waals surface area contributed by atoms with Crippen molar-refractivity contribution in [3.05, 3.63) is 35.9 Å². The van der Waals surface area contributed by atoms with Crippen molar-refractivity contribution in [3.63, 3.8) is 0 Å². The van der Waals surface area contributed by atoms with E-state index in [-0.39, 0.29) is 36.2 Å². The number of halogens is 1. The van der Waals surface area contributed by atoms with E-state index in [0.717, 1.165) is 50.5 Å². The molecular formula is C25H39ClN2O5. The minimum absolute atomic E-state index is 0. The summed E-state index contributed by atoms with van der Waals surface area (Å²) < 4.78 is 9.55. The average molecular weight is 483 g/mol. The Morgan fingerprint density at radius 2 is 1.33 bits per heavy atom. The van der Waals surface area contributed by atoms with Crippen LogP contribution in [0.15, 0.2) is 30.3 Å². The van der Waals surface area contributed by atoms with Gasteiger partial charge < -0.3 is 20.5 Å². The Morgan fingerprint density at radius 3 is 1.82 bits per heavy atom. The number of amides is 1. The molecule has 0 saturated heterocycles. The number of carbonyl (C=O) groups excluding carboxylic acids is 3. The van der Waals surface area contributed by atoms with E-state index in [9.17, 15) is 14.4 Å². The monoisotopic (exact) mass is 482 g/mol. The lowest BCUT2D eigenvalue weighted by atomic mass is 9.81. The van der Waals surface area contributed by atoms with Crippen molar-refractivity contribution in [1.82, 2.24) is 5.32 Å². The SMILES string of the molecule is COC(=O)C1(N)CCCCC1.COC(=O)C1(NC(=O)[C@H](C)c2ccccc2)CCCCC1.Cl. The molecule has 2 fully saturated rings. The van der Waals surface area contributed by atoms with Gasteiger partial charge in [-0.1, -0.05) is 68.9 Å². The largest absolute Gasteiger partial charge is 0.468 e. The first-order chi connectivity index (χ1) is 15.3. The normalized spacial score (nSPS) is 19.4. The maximum atomic E-state index is 12.5. The fourth-order valence-electron chi connectivity index (χ4n) is 4.56. The molecule has 33 heavy (non-hydrogen) atoms. The fraction of sp³-hybridized carbons (Fsp3) is 0.640. The van der Waals surface area contributed by atoms with Crippen LogP contribution in [0.4, 0.5) is 0 Å². The van der Waals surface area contributed by atoms with Gasteiger partial charge >= 0.3 is 11.9 Å². The van der Waals surface area contributed by atoms with Gasteiger partial charge in [0.15, 0.2) is 0 Å². The number of esters is 2. The van der Waals surface area contributed by atoms with Gasteiger partial charge in [-0.25, -0.2) is 4.79 Å². The van der Waals surface area contributed by atoms with Crippen LogP contribution < -0.4 is 11.1 Å². The predicted octanol–water partition coefficient (Wildman–Crippen LogP) is 4.03. The van der Waals surface area contributed by atoms with E-state index in [1.54, 1.807) is 0 Å². The van der Waals surface area contributed by atoms with Gasteiger partial charge in [0.2, 0.25) is 5.91 Å². The van der Waals surface area contributed by atoms with Gasteiger partial charge in [-0.15, -0.1) is 12.4 Å². The number of nitrogens with two attached hydrogens (primary N) is 1. The molecule has 3 N–H and O–H groups in total. The van der Waals surface area contributed by atoms with Crippen LogP contribution in [0.3, 0.4) is 0 Å². The Morgan fingerprint density at radius 1 is 0.848 bits per heavy atom. The summed E-state index contributed by atoms with van der Waals surface area (Å²) in [6.07, 6.45) is 9.14. The first kappa shape index (κ1) is 28.9. The molecule has 1 amide bonds. The number of carbonyl (C=O) groups is 3. The van der Waals surface area contributed by atoms with Crippen LogP contribution in [0, 0.1) is 0 Å². The van der Waals surface area contributed by atoms with Crippen LogP contribution in [0.2, 0.25) is 0 Å². The highest BCUT2D eigenvalue weighted by Gasteiger charge is 2.42. The predicted molar refractivity (Wildman–Crippen MR) is 130 cm³/mol. The van der Waals surface area contributed by atoms with Gasteiger partial charge in [0.05, 0.1) is 20.1 Å². The van der Waals surface area contributed by atoms with E-state index in [1.165, 1.54) is 20.6 Å². The second kappa shape index (κ2) is 13.6. The molecule has 2 aliphatic carbocycles. The Kier molecular flexibility index (Phi) is 11.9. The minimum atomic E-state index is -0.840. The molecule has 0 unspecified atom stereocenters. The molecule has 2 saturated carbocycles. The quantitative estimate of drug-likeness (QED) is 0.613. The molecule has 1 aromatic rings. The van der Waals surface area contributed by atoms with Crippen LogP contribution in [-0.4, -0.2) is 43.1 Å². The van der Waals surface area contributed by atoms with Crippen molar-refractivity contribution in [2.24, 2.45) is 5.73 Å². The molecular weight excluding hydrogens is 444 g/mol. The van der Waals surface area contributed by atoms with Crippen molar-refractivity contribution >= 4 is 30.3 Å². The van der Waals surface area contributed by atoms with Crippen LogP contribution in [-0.2, 0) is 23.9 Å². The lowest BCUT2D eigenvalue weighted by molar-refractivity contribution is -0.152. The summed E-state index contributed by atoms with van der Waals surface area (Å²) in [7, 11) is 2.77. The van der Waals surface area contributed by atoms with E-state index in [0.29, 0.717) is 12.8 Å². The van der Waals surface area contributed by atoms with Crippen LogP contribution in [0.5, 0.6) is 0 Å². The van der Waals surface area contributed by atoms with Crippen molar-refractivity contribution in [2.75, 3.05) is 14.2 Å². The second-order valence-corrected chi connectivity index (χ2v) is 8.96. The highest BCUT2D eigenvalue weighted by atomic mass is 35.5. The summed E-state index contributed by atoms with van der Waals surface area (Å²) >= 11 is 0. The lowest BCUT2D eigenvalue weighted by Crippen LogP contribution is -2.56. The summed E-state index contributed by atoms with van der Waals surface area (Å²) in [5.74, 6) is -0.976. The van der Waals surface area contributed by atoms with Gasteiger partial charge in [0.25, 0.3) is 0 Å². The van der Waals surface area contributed by atoms with E-state index < -0.39 is 11.1 Å². The third kappa shape index (κ3) is 7.71. The fourth-order valence-corrected chi connectivity index (χ4v) is 4.56. The third-order valence-electron chi connectivity index (χ3n) is 6.68. The van der Waals surface area contributed by atoms with E-state index in [1.807, 2.05) is 37.3 Å². The molecule has 0 heterocycles. The number of benzene rings is 1. The van der Waals surface area contributed by atoms with Crippen molar-refractivity contribution < 1.29 is 23.9 Å². The average Bonchev–Trinajstić information content (AvgIpc) is 2.84. The van der Waals surface area contributed by atoms with Gasteiger partial charge in [0, 0.05) is 0 Å². The minimum Gasteiger partial charge on any atom is -0.468 e. The highest BCUT2D eigenvalue weighted by Crippen LogP contribution is 2.30. The molecule has 7 nitrogen and oxygen atoms in total. The summed E-state index contributed by atoms with van der Waals surface area (Å²) in [6.45, 7) is 1.86. The molecule has 0 bridgehead atoms. The molecule has 0 spiro atoms. The number of methoxy groups -OCH3 is 2. The molecule has 3 rings (SSSR count). The van der Waals surface area contributed by atoms with E-state index >= 15 is 0 Å². The van der Waals surface area contributed by atoms with E-state index in [4.69, 9.17) is 10.5 Å². The zero-order chi connectivity index (χ0) is 23.6. The topological polar surface area (TPSA) is 108 Å². The van der Waals surface area contributed by atoms with Gasteiger partial charge in [-0.2, -0.15) is 0 Å². The van der Waals surface area contributed by atoms with Gasteiger partial charge in [-0.3, -0.25) is 9.59 Å². The summed E-state index contributed by atoms with van der Waals surface area (Å²) in [5, 5.41) is 2.97. The molecule has 0 aromatic heterocycles. The Hall–Kier alpha value is -2.12. The first-order valence-electron chi connectivity index (χ1n) is 11.6. The summed E-state index contributed by atoms with van der Waals surface area (Å²) in [5.41, 5.74) is 5.27. The van der Waals surface area contributed by atoms with Crippen molar-refractivity contribution in [1.29, 1.82) is 0 Å². The molecule has 1 atom stereocenters. The molecule has 2 aliphatic rings. The van der Waals surface area contributed by atoms with Crippen LogP contribution in [0.25, 0.3) is 0 Å². The lowest BCUT2D eigenvalue weighted by Gasteiger charge is -2.36. The first-order valence-corrected chi connectivity index (χ1v) is 11.6. The maximum absolute atomic E-state index is 12.5. The van der Waals surface area contributed by atoms with Gasteiger partial charge in [0.1, 0.15) is 11.1 Å². The second-order valence-electron chi connectivity index (χ2n) is 8.96. The zero-order valence-electron chi connectivity index (χ0n) is 20.1. The number of hydrogen-bond donors (Lipinski definition) is 2. The number of rotatable bonds is 5. The Bertz CT molecular complexity index is 759. The van der Waals surface area contributed by atoms with Crippen LogP contribution >= 0.6 is 12.4 Å². The number of hydrogen-bond acceptors (Lipinski definition) is 6. The molecule has 0 aliphatic heterocycles. The number of nitrogens with one attached hydrogen (secondary N) is 1. The number of ether oxygens (including phenoxy) is 2. The molecule has 186 valence electrons. The smallest absolute Gasteiger partial charge is 0.331 e. The zero-order valence-corrected chi connectivity index (χ0v) is 20.9. The molecule has 0 radical (unpaired) electrons. The van der Waals surface area contributed by atoms with Crippen molar-refractivity contribution in [2.45, 2.75) is 88.1 Å². The van der Waals surface area contributed by atoms with E-state index in [2.05, 4.69) is 10.1 Å². The summed E-state index contributed by atoms with van der Waals surface area (Å²) in [4.78, 5) is 35.8. The van der Waals surface area contributed by atoms with Gasteiger partial charge in [-0.05, 0) is 38.2 Å². The molecule has 1 aromatic carbocycles. The molecule has 8 heteroatoms. The van der Waals surface area contributed by atoms with Crippen molar-refractivity contribution in [3.8, 4) is 0 Å². The highest BCUT2D eigenvalue weighted by molar-refractivity contribution is 5.91. The third-order valence-corrected chi connectivity index (χ3v) is 6.68.